The van der Waals surface area contributed by atoms with Gasteiger partial charge in [-0.25, -0.2) is 0 Å². The van der Waals surface area contributed by atoms with Crippen LogP contribution in [0.25, 0.3) is 22.9 Å². The molecule has 33 heavy (non-hydrogen) atoms. The average molecular weight is 445 g/mol. The van der Waals surface area contributed by atoms with Crippen molar-refractivity contribution in [3.63, 3.8) is 0 Å². The van der Waals surface area contributed by atoms with Crippen molar-refractivity contribution in [3.8, 4) is 40.2 Å². The largest absolute Gasteiger partial charge is 0.493 e. The minimum atomic E-state index is -0.796. The lowest BCUT2D eigenvalue weighted by atomic mass is 10.2. The van der Waals surface area contributed by atoms with E-state index in [1.165, 1.54) is 7.11 Å². The zero-order chi connectivity index (χ0) is 23.2. The van der Waals surface area contributed by atoms with Crippen LogP contribution in [0, 0.1) is 0 Å². The molecule has 0 saturated heterocycles. The molecule has 3 aromatic carbocycles. The van der Waals surface area contributed by atoms with Crippen LogP contribution >= 0.6 is 0 Å². The zero-order valence-corrected chi connectivity index (χ0v) is 18.4. The Hall–Kier alpha value is -4.33. The van der Waals surface area contributed by atoms with Crippen molar-refractivity contribution in [2.45, 2.75) is 13.0 Å². The predicted molar refractivity (Wildman–Crippen MR) is 123 cm³/mol. The van der Waals surface area contributed by atoms with E-state index in [1.807, 2.05) is 42.5 Å². The van der Waals surface area contributed by atoms with Crippen LogP contribution in [0.5, 0.6) is 17.2 Å². The molecule has 1 amide bonds. The first-order valence-corrected chi connectivity index (χ1v) is 10.3. The maximum atomic E-state index is 12.7. The van der Waals surface area contributed by atoms with Crippen LogP contribution in [0.2, 0.25) is 0 Å². The number of rotatable bonds is 8. The quantitative estimate of drug-likeness (QED) is 0.415. The number of benzene rings is 3. The summed E-state index contributed by atoms with van der Waals surface area (Å²) < 4.78 is 22.3. The van der Waals surface area contributed by atoms with E-state index in [0.717, 1.165) is 5.56 Å². The molecule has 0 radical (unpaired) electrons. The zero-order valence-electron chi connectivity index (χ0n) is 18.4. The van der Waals surface area contributed by atoms with Crippen molar-refractivity contribution in [2.75, 3.05) is 19.5 Å². The summed E-state index contributed by atoms with van der Waals surface area (Å²) in [5.41, 5.74) is 1.97. The highest BCUT2D eigenvalue weighted by Crippen LogP contribution is 2.32. The number of nitrogens with one attached hydrogen (secondary N) is 1. The van der Waals surface area contributed by atoms with Gasteiger partial charge in [-0.3, -0.25) is 4.79 Å². The fourth-order valence-electron chi connectivity index (χ4n) is 3.18. The number of hydrogen-bond donors (Lipinski definition) is 1. The Balaban J connectivity index is 1.50. The molecule has 0 aliphatic heterocycles. The Morgan fingerprint density at radius 3 is 2.30 bits per heavy atom. The van der Waals surface area contributed by atoms with Crippen LogP contribution in [0.15, 0.2) is 77.2 Å². The number of amides is 1. The van der Waals surface area contributed by atoms with Crippen LogP contribution < -0.4 is 19.5 Å². The summed E-state index contributed by atoms with van der Waals surface area (Å²) in [6.07, 6.45) is -0.796. The summed E-state index contributed by atoms with van der Waals surface area (Å²) in [4.78, 5) is 12.7. The molecule has 4 rings (SSSR count). The smallest absolute Gasteiger partial charge is 0.265 e. The van der Waals surface area contributed by atoms with E-state index in [0.29, 0.717) is 40.3 Å². The van der Waals surface area contributed by atoms with Crippen molar-refractivity contribution in [3.05, 3.63) is 72.8 Å². The Bertz CT molecular complexity index is 1240. The van der Waals surface area contributed by atoms with Crippen LogP contribution in [0.3, 0.4) is 0 Å². The van der Waals surface area contributed by atoms with Crippen LogP contribution in [-0.4, -0.2) is 36.4 Å². The van der Waals surface area contributed by atoms with Gasteiger partial charge in [0.2, 0.25) is 5.89 Å². The van der Waals surface area contributed by atoms with E-state index in [-0.39, 0.29) is 5.91 Å². The van der Waals surface area contributed by atoms with E-state index < -0.39 is 6.10 Å². The fourth-order valence-corrected chi connectivity index (χ4v) is 3.18. The van der Waals surface area contributed by atoms with E-state index in [9.17, 15) is 4.79 Å². The molecule has 1 atom stereocenters. The molecule has 8 nitrogen and oxygen atoms in total. The highest BCUT2D eigenvalue weighted by molar-refractivity contribution is 5.94. The highest BCUT2D eigenvalue weighted by atomic mass is 16.5. The van der Waals surface area contributed by atoms with E-state index >= 15 is 0 Å². The summed E-state index contributed by atoms with van der Waals surface area (Å²) in [7, 11) is 3.09. The number of aromatic nitrogens is 2. The van der Waals surface area contributed by atoms with Gasteiger partial charge in [0.25, 0.3) is 11.8 Å². The molecule has 0 saturated carbocycles. The predicted octanol–water partition coefficient (Wildman–Crippen LogP) is 4.83. The first-order valence-electron chi connectivity index (χ1n) is 10.3. The topological polar surface area (TPSA) is 95.7 Å². The standard InChI is InChI=1S/C25H23N3O5/c1-16(23(29)26-18-13-14-21(30-2)22(15-18)31-3)32-20-12-8-7-11-19(20)25-28-27-24(33-25)17-9-5-4-6-10-17/h4-16H,1-3H3,(H,26,29)/t16-/m1/s1. The summed E-state index contributed by atoms with van der Waals surface area (Å²) >= 11 is 0. The molecule has 1 aromatic heterocycles. The second-order valence-electron chi connectivity index (χ2n) is 7.09. The number of ether oxygens (including phenoxy) is 3. The monoisotopic (exact) mass is 445 g/mol. The van der Waals surface area contributed by atoms with Crippen LogP contribution in [-0.2, 0) is 4.79 Å². The average Bonchev–Trinajstić information content (AvgIpc) is 3.35. The summed E-state index contributed by atoms with van der Waals surface area (Å²) in [5.74, 6) is 1.92. The molecule has 168 valence electrons. The van der Waals surface area contributed by atoms with Crippen molar-refractivity contribution in [1.82, 2.24) is 10.2 Å². The van der Waals surface area contributed by atoms with Crippen molar-refractivity contribution < 1.29 is 23.4 Å². The Kier molecular flexibility index (Phi) is 6.54. The molecule has 0 aliphatic rings. The molecule has 4 aromatic rings. The van der Waals surface area contributed by atoms with Gasteiger partial charge in [-0.1, -0.05) is 30.3 Å². The minimum absolute atomic E-state index is 0.303. The number of hydrogen-bond acceptors (Lipinski definition) is 7. The molecule has 1 heterocycles. The molecular formula is C25H23N3O5. The first-order chi connectivity index (χ1) is 16.1. The normalized spacial score (nSPS) is 11.5. The number of anilines is 1. The van der Waals surface area contributed by atoms with Crippen molar-refractivity contribution in [1.29, 1.82) is 0 Å². The lowest BCUT2D eigenvalue weighted by Gasteiger charge is -2.17. The third-order valence-electron chi connectivity index (χ3n) is 4.89. The van der Waals surface area contributed by atoms with Gasteiger partial charge in [-0.05, 0) is 43.3 Å². The number of carbonyl (C=O) groups is 1. The van der Waals surface area contributed by atoms with Gasteiger partial charge in [-0.15, -0.1) is 10.2 Å². The molecule has 0 unspecified atom stereocenters. The van der Waals surface area contributed by atoms with E-state index in [2.05, 4.69) is 15.5 Å². The second kappa shape index (κ2) is 9.86. The molecule has 0 aliphatic carbocycles. The van der Waals surface area contributed by atoms with Gasteiger partial charge in [0, 0.05) is 17.3 Å². The third-order valence-corrected chi connectivity index (χ3v) is 4.89. The number of para-hydroxylation sites is 1. The number of methoxy groups -OCH3 is 2. The molecule has 0 spiro atoms. The molecule has 8 heteroatoms. The van der Waals surface area contributed by atoms with Crippen molar-refractivity contribution >= 4 is 11.6 Å². The van der Waals surface area contributed by atoms with Gasteiger partial charge in [-0.2, -0.15) is 0 Å². The van der Waals surface area contributed by atoms with Gasteiger partial charge < -0.3 is 23.9 Å². The second-order valence-corrected chi connectivity index (χ2v) is 7.09. The van der Waals surface area contributed by atoms with Crippen LogP contribution in [0.4, 0.5) is 5.69 Å². The SMILES string of the molecule is COc1ccc(NC(=O)[C@@H](C)Oc2ccccc2-c2nnc(-c3ccccc3)o2)cc1OC. The number of carbonyl (C=O) groups excluding carboxylic acids is 1. The lowest BCUT2D eigenvalue weighted by Crippen LogP contribution is -2.30. The Morgan fingerprint density at radius 2 is 1.55 bits per heavy atom. The van der Waals surface area contributed by atoms with Gasteiger partial charge >= 0.3 is 0 Å². The molecule has 1 N–H and O–H groups in total. The Morgan fingerprint density at radius 1 is 0.848 bits per heavy atom. The summed E-state index contributed by atoms with van der Waals surface area (Å²) in [5, 5.41) is 11.1. The summed E-state index contributed by atoms with van der Waals surface area (Å²) in [6.45, 7) is 1.66. The van der Waals surface area contributed by atoms with Gasteiger partial charge in [0.05, 0.1) is 19.8 Å². The van der Waals surface area contributed by atoms with Crippen LogP contribution in [0.1, 0.15) is 6.92 Å². The fraction of sp³-hybridized carbons (Fsp3) is 0.160. The van der Waals surface area contributed by atoms with Gasteiger partial charge in [0.1, 0.15) is 5.75 Å². The molecule has 0 bridgehead atoms. The summed E-state index contributed by atoms with van der Waals surface area (Å²) in [6, 6.07) is 21.8. The van der Waals surface area contributed by atoms with E-state index in [1.54, 1.807) is 44.4 Å². The maximum absolute atomic E-state index is 12.7. The lowest BCUT2D eigenvalue weighted by molar-refractivity contribution is -0.122. The first kappa shape index (κ1) is 21.9. The maximum Gasteiger partial charge on any atom is 0.265 e. The third kappa shape index (κ3) is 4.95. The van der Waals surface area contributed by atoms with Crippen molar-refractivity contribution in [2.24, 2.45) is 0 Å². The molecule has 0 fully saturated rings. The number of nitrogens with zero attached hydrogens (tertiary/aromatic N) is 2. The van der Waals surface area contributed by atoms with E-state index in [4.69, 9.17) is 18.6 Å². The molecular weight excluding hydrogens is 422 g/mol. The minimum Gasteiger partial charge on any atom is -0.493 e. The highest BCUT2D eigenvalue weighted by Gasteiger charge is 2.20. The van der Waals surface area contributed by atoms with Gasteiger partial charge in [0.15, 0.2) is 17.6 Å². The Labute approximate surface area is 191 Å².